The number of benzene rings is 1. The second-order valence-corrected chi connectivity index (χ2v) is 5.72. The van der Waals surface area contributed by atoms with E-state index in [0.717, 1.165) is 18.0 Å². The molecular weight excluding hydrogens is 333 g/mol. The summed E-state index contributed by atoms with van der Waals surface area (Å²) in [6, 6.07) is 7.47. The van der Waals surface area contributed by atoms with E-state index in [1.54, 1.807) is 6.20 Å². The van der Waals surface area contributed by atoms with Gasteiger partial charge < -0.3 is 10.2 Å². The van der Waals surface area contributed by atoms with Crippen LogP contribution in [0.4, 0.5) is 24.7 Å². The number of nitrogens with zero attached hydrogens (tertiary/aromatic N) is 3. The summed E-state index contributed by atoms with van der Waals surface area (Å²) >= 11 is 0. The van der Waals surface area contributed by atoms with Crippen molar-refractivity contribution in [3.05, 3.63) is 54.0 Å². The lowest BCUT2D eigenvalue weighted by molar-refractivity contribution is -0.117. The summed E-state index contributed by atoms with van der Waals surface area (Å²) in [5.74, 6) is -3.87. The fraction of sp³-hybridized carbons (Fsp3) is 0.294. The lowest BCUT2D eigenvalue weighted by Crippen LogP contribution is -2.48. The summed E-state index contributed by atoms with van der Waals surface area (Å²) in [5, 5.41) is 2.28. The van der Waals surface area contributed by atoms with Crippen LogP contribution in [0.25, 0.3) is 0 Å². The topological polar surface area (TPSA) is 48.5 Å². The van der Waals surface area contributed by atoms with Crippen LogP contribution in [0.1, 0.15) is 0 Å². The average molecular weight is 350 g/mol. The standard InChI is InChI=1S/C17H17F3N4O/c18-12-4-5-13(17(20)16(12)19)22-15(25)11-23-7-9-24(10-8-23)14-3-1-2-6-21-14/h1-6H,7-11H2,(H,22,25). The second kappa shape index (κ2) is 7.52. The molecule has 0 radical (unpaired) electrons. The van der Waals surface area contributed by atoms with Gasteiger partial charge in [0.1, 0.15) is 5.82 Å². The molecule has 0 unspecified atom stereocenters. The minimum atomic E-state index is -1.60. The molecule has 1 amide bonds. The predicted octanol–water partition coefficient (Wildman–Crippen LogP) is 2.26. The Labute approximate surface area is 143 Å². The maximum absolute atomic E-state index is 13.6. The van der Waals surface area contributed by atoms with Crippen LogP contribution in [0.2, 0.25) is 0 Å². The zero-order chi connectivity index (χ0) is 17.8. The molecule has 1 saturated heterocycles. The van der Waals surface area contributed by atoms with Crippen molar-refractivity contribution in [1.29, 1.82) is 0 Å². The van der Waals surface area contributed by atoms with Crippen molar-refractivity contribution in [3.63, 3.8) is 0 Å². The Bertz CT molecular complexity index is 749. The maximum Gasteiger partial charge on any atom is 0.238 e. The molecule has 132 valence electrons. The van der Waals surface area contributed by atoms with Gasteiger partial charge in [-0.2, -0.15) is 0 Å². The van der Waals surface area contributed by atoms with Crippen molar-refractivity contribution in [2.75, 3.05) is 42.9 Å². The molecule has 25 heavy (non-hydrogen) atoms. The third-order valence-corrected chi connectivity index (χ3v) is 4.02. The van der Waals surface area contributed by atoms with E-state index in [-0.39, 0.29) is 12.2 Å². The van der Waals surface area contributed by atoms with E-state index in [9.17, 15) is 18.0 Å². The molecule has 0 bridgehead atoms. The molecule has 8 heteroatoms. The van der Waals surface area contributed by atoms with Crippen molar-refractivity contribution >= 4 is 17.4 Å². The van der Waals surface area contributed by atoms with Gasteiger partial charge in [-0.1, -0.05) is 6.07 Å². The summed E-state index contributed by atoms with van der Waals surface area (Å²) in [5.41, 5.74) is -0.365. The van der Waals surface area contributed by atoms with E-state index in [1.165, 1.54) is 0 Å². The molecule has 1 N–H and O–H groups in total. The molecule has 1 aliphatic heterocycles. The van der Waals surface area contributed by atoms with Crippen LogP contribution < -0.4 is 10.2 Å². The van der Waals surface area contributed by atoms with Crippen LogP contribution >= 0.6 is 0 Å². The molecule has 2 aromatic rings. The highest BCUT2D eigenvalue weighted by molar-refractivity contribution is 5.92. The molecular formula is C17H17F3N4O. The van der Waals surface area contributed by atoms with E-state index < -0.39 is 23.4 Å². The molecule has 3 rings (SSSR count). The van der Waals surface area contributed by atoms with Crippen molar-refractivity contribution in [1.82, 2.24) is 9.88 Å². The SMILES string of the molecule is O=C(CN1CCN(c2ccccn2)CC1)Nc1ccc(F)c(F)c1F. The predicted molar refractivity (Wildman–Crippen MR) is 87.8 cm³/mol. The van der Waals surface area contributed by atoms with Gasteiger partial charge in [-0.05, 0) is 24.3 Å². The number of pyridine rings is 1. The lowest BCUT2D eigenvalue weighted by Gasteiger charge is -2.34. The van der Waals surface area contributed by atoms with Gasteiger partial charge in [0.25, 0.3) is 0 Å². The number of hydrogen-bond acceptors (Lipinski definition) is 4. The van der Waals surface area contributed by atoms with Gasteiger partial charge >= 0.3 is 0 Å². The number of piperazine rings is 1. The first kappa shape index (κ1) is 17.2. The van der Waals surface area contributed by atoms with Gasteiger partial charge in [0.2, 0.25) is 5.91 Å². The van der Waals surface area contributed by atoms with Crippen LogP contribution in [0.3, 0.4) is 0 Å². The highest BCUT2D eigenvalue weighted by atomic mass is 19.2. The molecule has 1 fully saturated rings. The van der Waals surface area contributed by atoms with E-state index in [2.05, 4.69) is 15.2 Å². The number of hydrogen-bond donors (Lipinski definition) is 1. The molecule has 5 nitrogen and oxygen atoms in total. The Morgan fingerprint density at radius 2 is 1.80 bits per heavy atom. The lowest BCUT2D eigenvalue weighted by atomic mass is 10.2. The Morgan fingerprint density at radius 1 is 1.04 bits per heavy atom. The minimum Gasteiger partial charge on any atom is -0.354 e. The number of aromatic nitrogens is 1. The number of nitrogens with one attached hydrogen (secondary N) is 1. The highest BCUT2D eigenvalue weighted by Gasteiger charge is 2.21. The molecule has 0 atom stereocenters. The summed E-state index contributed by atoms with van der Waals surface area (Å²) in [7, 11) is 0. The zero-order valence-corrected chi connectivity index (χ0v) is 13.4. The van der Waals surface area contributed by atoms with Crippen molar-refractivity contribution in [3.8, 4) is 0 Å². The highest BCUT2D eigenvalue weighted by Crippen LogP contribution is 2.19. The largest absolute Gasteiger partial charge is 0.354 e. The van der Waals surface area contributed by atoms with Crippen LogP contribution in [-0.2, 0) is 4.79 Å². The second-order valence-electron chi connectivity index (χ2n) is 5.72. The zero-order valence-electron chi connectivity index (χ0n) is 13.4. The number of carbonyl (C=O) groups is 1. The number of carbonyl (C=O) groups excluding carboxylic acids is 1. The Kier molecular flexibility index (Phi) is 5.18. The van der Waals surface area contributed by atoms with E-state index >= 15 is 0 Å². The molecule has 1 aromatic heterocycles. The van der Waals surface area contributed by atoms with Crippen molar-refractivity contribution in [2.45, 2.75) is 0 Å². The quantitative estimate of drug-likeness (QED) is 0.860. The third-order valence-electron chi connectivity index (χ3n) is 4.02. The van der Waals surface area contributed by atoms with Gasteiger partial charge in [-0.25, -0.2) is 18.2 Å². The Balaban J connectivity index is 1.52. The van der Waals surface area contributed by atoms with Crippen molar-refractivity contribution in [2.24, 2.45) is 0 Å². The van der Waals surface area contributed by atoms with Gasteiger partial charge in [-0.15, -0.1) is 0 Å². The summed E-state index contributed by atoms with van der Waals surface area (Å²) < 4.78 is 39.7. The van der Waals surface area contributed by atoms with E-state index in [1.807, 2.05) is 23.1 Å². The summed E-state index contributed by atoms with van der Waals surface area (Å²) in [6.07, 6.45) is 1.73. The first-order valence-electron chi connectivity index (χ1n) is 7.86. The molecule has 0 aliphatic carbocycles. The summed E-state index contributed by atoms with van der Waals surface area (Å²) in [4.78, 5) is 20.3. The number of anilines is 2. The number of halogens is 3. The van der Waals surface area contributed by atoms with Gasteiger partial charge in [-0.3, -0.25) is 9.69 Å². The maximum atomic E-state index is 13.6. The summed E-state index contributed by atoms with van der Waals surface area (Å²) in [6.45, 7) is 2.76. The average Bonchev–Trinajstić information content (AvgIpc) is 2.63. The third kappa shape index (κ3) is 4.08. The Morgan fingerprint density at radius 3 is 2.48 bits per heavy atom. The van der Waals surface area contributed by atoms with Gasteiger partial charge in [0.15, 0.2) is 17.5 Å². The number of amides is 1. The number of rotatable bonds is 4. The molecule has 0 saturated carbocycles. The molecule has 0 spiro atoms. The van der Waals surface area contributed by atoms with E-state index in [4.69, 9.17) is 0 Å². The smallest absolute Gasteiger partial charge is 0.238 e. The monoisotopic (exact) mass is 350 g/mol. The van der Waals surface area contributed by atoms with E-state index in [0.29, 0.717) is 26.2 Å². The Hall–Kier alpha value is -2.61. The molecule has 1 aliphatic rings. The van der Waals surface area contributed by atoms with Crippen LogP contribution in [-0.4, -0.2) is 48.5 Å². The van der Waals surface area contributed by atoms with Crippen molar-refractivity contribution < 1.29 is 18.0 Å². The fourth-order valence-electron chi connectivity index (χ4n) is 2.69. The molecule has 2 heterocycles. The minimum absolute atomic E-state index is 0.0501. The van der Waals surface area contributed by atoms with Gasteiger partial charge in [0, 0.05) is 32.4 Å². The van der Waals surface area contributed by atoms with Crippen LogP contribution in [0.5, 0.6) is 0 Å². The van der Waals surface area contributed by atoms with Crippen LogP contribution in [0.15, 0.2) is 36.5 Å². The van der Waals surface area contributed by atoms with Crippen LogP contribution in [0, 0.1) is 17.5 Å². The first-order valence-corrected chi connectivity index (χ1v) is 7.86. The normalized spacial score (nSPS) is 15.2. The molecule has 1 aromatic carbocycles. The van der Waals surface area contributed by atoms with Gasteiger partial charge in [0.05, 0.1) is 12.2 Å². The first-order chi connectivity index (χ1) is 12.0. The fourth-order valence-corrected chi connectivity index (χ4v) is 2.69.